The van der Waals surface area contributed by atoms with Gasteiger partial charge in [0.15, 0.2) is 4.34 Å². The lowest BCUT2D eigenvalue weighted by Gasteiger charge is -1.98. The molecular formula is C16H19N5O2S2. The highest BCUT2D eigenvalue weighted by Crippen LogP contribution is 2.28. The second-order valence-corrected chi connectivity index (χ2v) is 7.34. The third kappa shape index (κ3) is 5.00. The molecule has 2 heterocycles. The van der Waals surface area contributed by atoms with Crippen LogP contribution in [0.4, 0.5) is 5.13 Å². The molecule has 2 aromatic heterocycles. The Morgan fingerprint density at radius 3 is 2.84 bits per heavy atom. The molecule has 0 radical (unpaired) electrons. The van der Waals surface area contributed by atoms with Crippen LogP contribution in [0.5, 0.6) is 0 Å². The van der Waals surface area contributed by atoms with E-state index in [1.165, 1.54) is 28.7 Å². The van der Waals surface area contributed by atoms with Gasteiger partial charge >= 0.3 is 0 Å². The van der Waals surface area contributed by atoms with Gasteiger partial charge in [-0.2, -0.15) is 4.98 Å². The van der Waals surface area contributed by atoms with Crippen LogP contribution in [0.15, 0.2) is 33.1 Å². The molecule has 0 saturated carbocycles. The number of hydrogen-bond donors (Lipinski definition) is 1. The van der Waals surface area contributed by atoms with Crippen molar-refractivity contribution in [3.05, 3.63) is 35.7 Å². The number of aryl methyl sites for hydroxylation is 1. The van der Waals surface area contributed by atoms with Crippen molar-refractivity contribution in [1.29, 1.82) is 0 Å². The average Bonchev–Trinajstić information content (AvgIpc) is 3.30. The molecule has 1 N–H and O–H groups in total. The van der Waals surface area contributed by atoms with Crippen LogP contribution in [0.1, 0.15) is 18.4 Å². The fraction of sp³-hybridized carbons (Fsp3) is 0.375. The first-order valence-corrected chi connectivity index (χ1v) is 9.69. The summed E-state index contributed by atoms with van der Waals surface area (Å²) in [7, 11) is 1.67. The van der Waals surface area contributed by atoms with Gasteiger partial charge in [-0.05, 0) is 12.0 Å². The molecule has 0 aliphatic carbocycles. The minimum atomic E-state index is 0.562. The van der Waals surface area contributed by atoms with Crippen molar-refractivity contribution in [2.24, 2.45) is 0 Å². The van der Waals surface area contributed by atoms with Crippen molar-refractivity contribution in [1.82, 2.24) is 20.3 Å². The highest BCUT2D eigenvalue weighted by Gasteiger charge is 2.11. The number of rotatable bonds is 9. The lowest BCUT2D eigenvalue weighted by molar-refractivity contribution is 0.211. The van der Waals surface area contributed by atoms with Crippen LogP contribution in [0, 0.1) is 0 Å². The van der Waals surface area contributed by atoms with E-state index in [0.717, 1.165) is 21.5 Å². The van der Waals surface area contributed by atoms with E-state index in [2.05, 4.69) is 44.7 Å². The number of methoxy groups -OCH3 is 1. The van der Waals surface area contributed by atoms with Gasteiger partial charge < -0.3 is 14.6 Å². The Bertz CT molecular complexity index is 788. The SMILES string of the molecule is CCc1ccc(-c2noc(CSc3nnc(NCCOC)s3)n2)cc1. The molecule has 0 unspecified atom stereocenters. The summed E-state index contributed by atoms with van der Waals surface area (Å²) in [6.45, 7) is 3.47. The molecular weight excluding hydrogens is 358 g/mol. The zero-order chi connectivity index (χ0) is 17.5. The van der Waals surface area contributed by atoms with E-state index in [1.807, 2.05) is 12.1 Å². The molecule has 0 aliphatic heterocycles. The van der Waals surface area contributed by atoms with E-state index in [-0.39, 0.29) is 0 Å². The van der Waals surface area contributed by atoms with Crippen LogP contribution in [0.3, 0.4) is 0 Å². The second-order valence-electron chi connectivity index (χ2n) is 5.14. The van der Waals surface area contributed by atoms with Gasteiger partial charge in [0, 0.05) is 19.2 Å². The Balaban J connectivity index is 1.54. The number of thioether (sulfide) groups is 1. The molecule has 0 amide bonds. The summed E-state index contributed by atoms with van der Waals surface area (Å²) >= 11 is 3.02. The largest absolute Gasteiger partial charge is 0.383 e. The summed E-state index contributed by atoms with van der Waals surface area (Å²) in [5, 5.41) is 16.2. The first kappa shape index (κ1) is 17.8. The number of anilines is 1. The standard InChI is InChI=1S/C16H19N5O2S2/c1-3-11-4-6-12(7-5-11)14-18-13(23-21-14)10-24-16-20-19-15(25-16)17-8-9-22-2/h4-7H,3,8-10H2,1-2H3,(H,17,19). The second kappa shape index (κ2) is 8.93. The van der Waals surface area contributed by atoms with Crippen molar-refractivity contribution in [2.45, 2.75) is 23.4 Å². The zero-order valence-electron chi connectivity index (χ0n) is 14.1. The van der Waals surface area contributed by atoms with Crippen molar-refractivity contribution in [3.8, 4) is 11.4 Å². The van der Waals surface area contributed by atoms with Crippen LogP contribution in [-0.2, 0) is 16.9 Å². The number of benzene rings is 1. The molecule has 0 saturated heterocycles. The van der Waals surface area contributed by atoms with Gasteiger partial charge in [0.2, 0.25) is 16.8 Å². The van der Waals surface area contributed by atoms with Crippen LogP contribution < -0.4 is 5.32 Å². The first-order valence-electron chi connectivity index (χ1n) is 7.89. The normalized spacial score (nSPS) is 11.0. The van der Waals surface area contributed by atoms with Crippen LogP contribution in [0.25, 0.3) is 11.4 Å². The molecule has 3 rings (SSSR count). The van der Waals surface area contributed by atoms with Crippen LogP contribution in [-0.4, -0.2) is 40.6 Å². The fourth-order valence-corrected chi connectivity index (χ4v) is 3.66. The van der Waals surface area contributed by atoms with Gasteiger partial charge in [0.1, 0.15) is 0 Å². The number of aromatic nitrogens is 4. The Labute approximate surface area is 154 Å². The number of nitrogens with one attached hydrogen (secondary N) is 1. The van der Waals surface area contributed by atoms with Crippen molar-refractivity contribution < 1.29 is 9.26 Å². The number of ether oxygens (including phenoxy) is 1. The van der Waals surface area contributed by atoms with Crippen molar-refractivity contribution in [3.63, 3.8) is 0 Å². The van der Waals surface area contributed by atoms with Gasteiger partial charge in [-0.15, -0.1) is 10.2 Å². The molecule has 1 aromatic carbocycles. The van der Waals surface area contributed by atoms with Crippen LogP contribution >= 0.6 is 23.1 Å². The Morgan fingerprint density at radius 1 is 1.24 bits per heavy atom. The molecule has 0 aliphatic rings. The summed E-state index contributed by atoms with van der Waals surface area (Å²) in [6.07, 6.45) is 1.01. The number of hydrogen-bond acceptors (Lipinski definition) is 9. The minimum absolute atomic E-state index is 0.562. The smallest absolute Gasteiger partial charge is 0.237 e. The molecule has 9 heteroatoms. The van der Waals surface area contributed by atoms with E-state index in [0.29, 0.717) is 30.6 Å². The third-order valence-corrected chi connectivity index (χ3v) is 5.40. The van der Waals surface area contributed by atoms with Crippen LogP contribution in [0.2, 0.25) is 0 Å². The fourth-order valence-electron chi connectivity index (χ4n) is 2.04. The monoisotopic (exact) mass is 377 g/mol. The highest BCUT2D eigenvalue weighted by molar-refractivity contribution is 8.00. The number of nitrogens with zero attached hydrogens (tertiary/aromatic N) is 4. The van der Waals surface area contributed by atoms with Gasteiger partial charge in [-0.25, -0.2) is 0 Å². The molecule has 7 nitrogen and oxygen atoms in total. The Kier molecular flexibility index (Phi) is 6.37. The highest BCUT2D eigenvalue weighted by atomic mass is 32.2. The topological polar surface area (TPSA) is 86.0 Å². The van der Waals surface area contributed by atoms with E-state index in [9.17, 15) is 0 Å². The maximum atomic E-state index is 5.33. The summed E-state index contributed by atoms with van der Waals surface area (Å²) in [4.78, 5) is 4.44. The summed E-state index contributed by atoms with van der Waals surface area (Å²) in [6, 6.07) is 8.20. The predicted molar refractivity (Wildman–Crippen MR) is 98.9 cm³/mol. The maximum absolute atomic E-state index is 5.33. The summed E-state index contributed by atoms with van der Waals surface area (Å²) < 4.78 is 11.2. The van der Waals surface area contributed by atoms with E-state index >= 15 is 0 Å². The van der Waals surface area contributed by atoms with Gasteiger partial charge in [0.05, 0.1) is 12.4 Å². The Hall–Kier alpha value is -1.97. The van der Waals surface area contributed by atoms with Crippen molar-refractivity contribution >= 4 is 28.2 Å². The molecule has 0 atom stereocenters. The van der Waals surface area contributed by atoms with Gasteiger partial charge in [0.25, 0.3) is 0 Å². The predicted octanol–water partition coefficient (Wildman–Crippen LogP) is 3.50. The summed E-state index contributed by atoms with van der Waals surface area (Å²) in [5.74, 6) is 1.74. The maximum Gasteiger partial charge on any atom is 0.237 e. The van der Waals surface area contributed by atoms with E-state index in [1.54, 1.807) is 7.11 Å². The molecule has 25 heavy (non-hydrogen) atoms. The third-order valence-electron chi connectivity index (χ3n) is 3.40. The lowest BCUT2D eigenvalue weighted by atomic mass is 10.1. The molecule has 0 bridgehead atoms. The van der Waals surface area contributed by atoms with E-state index in [4.69, 9.17) is 9.26 Å². The van der Waals surface area contributed by atoms with Crippen molar-refractivity contribution in [2.75, 3.05) is 25.6 Å². The molecule has 132 valence electrons. The van der Waals surface area contributed by atoms with E-state index < -0.39 is 0 Å². The lowest BCUT2D eigenvalue weighted by Crippen LogP contribution is -2.06. The zero-order valence-corrected chi connectivity index (χ0v) is 15.7. The minimum Gasteiger partial charge on any atom is -0.383 e. The average molecular weight is 377 g/mol. The molecule has 3 aromatic rings. The molecule has 0 spiro atoms. The quantitative estimate of drug-likeness (QED) is 0.448. The van der Waals surface area contributed by atoms with Gasteiger partial charge in [-0.3, -0.25) is 0 Å². The Morgan fingerprint density at radius 2 is 2.08 bits per heavy atom. The van der Waals surface area contributed by atoms with Gasteiger partial charge in [-0.1, -0.05) is 59.4 Å². The first-order chi connectivity index (χ1) is 12.3. The summed E-state index contributed by atoms with van der Waals surface area (Å²) in [5.41, 5.74) is 2.24. The molecule has 0 fully saturated rings.